The van der Waals surface area contributed by atoms with Crippen LogP contribution in [-0.4, -0.2) is 24.2 Å². The molecule has 1 saturated carbocycles. The van der Waals surface area contributed by atoms with Crippen LogP contribution in [-0.2, 0) is 4.74 Å². The number of nitrogens with zero attached hydrogens (tertiary/aromatic N) is 1. The Morgan fingerprint density at radius 1 is 1.32 bits per heavy atom. The van der Waals surface area contributed by atoms with Crippen LogP contribution in [0, 0.1) is 0 Å². The number of pyridine rings is 1. The Labute approximate surface area is 121 Å². The van der Waals surface area contributed by atoms with E-state index in [0.29, 0.717) is 12.1 Å². The lowest BCUT2D eigenvalue weighted by molar-refractivity contribution is 0.108. The molecule has 1 fully saturated rings. The molecule has 1 heterocycles. The summed E-state index contributed by atoms with van der Waals surface area (Å²) in [4.78, 5) is 4.40. The number of halogens is 1. The molecule has 2 aromatic rings. The Bertz CT molecular complexity index is 587. The topological polar surface area (TPSA) is 34.1 Å². The molecular weight excluding hydrogens is 304 g/mol. The highest BCUT2D eigenvalue weighted by molar-refractivity contribution is 9.10. The van der Waals surface area contributed by atoms with Gasteiger partial charge in [-0.1, -0.05) is 15.9 Å². The van der Waals surface area contributed by atoms with Crippen molar-refractivity contribution in [1.82, 2.24) is 4.98 Å². The highest BCUT2D eigenvalue weighted by Crippen LogP contribution is 2.29. The van der Waals surface area contributed by atoms with Gasteiger partial charge < -0.3 is 10.1 Å². The molecule has 0 saturated heterocycles. The van der Waals surface area contributed by atoms with Crippen molar-refractivity contribution in [1.29, 1.82) is 0 Å². The number of methoxy groups -OCH3 is 1. The van der Waals surface area contributed by atoms with E-state index in [0.717, 1.165) is 40.3 Å². The van der Waals surface area contributed by atoms with Crippen molar-refractivity contribution in [3.8, 4) is 0 Å². The van der Waals surface area contributed by atoms with Gasteiger partial charge in [0.2, 0.25) is 0 Å². The first-order valence-electron chi connectivity index (χ1n) is 6.60. The molecule has 100 valence electrons. The fourth-order valence-electron chi connectivity index (χ4n) is 2.75. The van der Waals surface area contributed by atoms with E-state index in [1.807, 2.05) is 18.3 Å². The molecule has 0 aliphatic heterocycles. The molecule has 4 heteroatoms. The standard InChI is InChI=1S/C15H17BrN2O/c1-19-12-4-3-11(9-12)18-15-6-7-17-14-5-2-10(16)8-13(14)15/h2,5-8,11-12H,3-4,9H2,1H3,(H,17,18). The first-order chi connectivity index (χ1) is 9.26. The fraction of sp³-hybridized carbons (Fsp3) is 0.400. The molecule has 0 bridgehead atoms. The van der Waals surface area contributed by atoms with Crippen molar-refractivity contribution in [2.45, 2.75) is 31.4 Å². The van der Waals surface area contributed by atoms with E-state index in [1.54, 1.807) is 7.11 Å². The average molecular weight is 321 g/mol. The van der Waals surface area contributed by atoms with Gasteiger partial charge in [-0.25, -0.2) is 0 Å². The summed E-state index contributed by atoms with van der Waals surface area (Å²) in [5.41, 5.74) is 2.18. The van der Waals surface area contributed by atoms with Crippen molar-refractivity contribution in [2.75, 3.05) is 12.4 Å². The Morgan fingerprint density at radius 2 is 2.21 bits per heavy atom. The smallest absolute Gasteiger partial charge is 0.0723 e. The van der Waals surface area contributed by atoms with E-state index in [2.05, 4.69) is 38.4 Å². The van der Waals surface area contributed by atoms with Gasteiger partial charge in [0, 0.05) is 34.9 Å². The minimum absolute atomic E-state index is 0.400. The lowest BCUT2D eigenvalue weighted by Crippen LogP contribution is -2.17. The van der Waals surface area contributed by atoms with E-state index >= 15 is 0 Å². The van der Waals surface area contributed by atoms with Crippen molar-refractivity contribution in [2.24, 2.45) is 0 Å². The number of fused-ring (bicyclic) bond motifs is 1. The molecule has 3 rings (SSSR count). The fourth-order valence-corrected chi connectivity index (χ4v) is 3.11. The molecule has 2 unspecified atom stereocenters. The number of aromatic nitrogens is 1. The Morgan fingerprint density at radius 3 is 3.00 bits per heavy atom. The maximum Gasteiger partial charge on any atom is 0.0723 e. The quantitative estimate of drug-likeness (QED) is 0.928. The molecule has 1 aliphatic carbocycles. The summed E-state index contributed by atoms with van der Waals surface area (Å²) in [7, 11) is 1.80. The van der Waals surface area contributed by atoms with Crippen LogP contribution in [0.1, 0.15) is 19.3 Å². The number of benzene rings is 1. The van der Waals surface area contributed by atoms with Crippen LogP contribution >= 0.6 is 15.9 Å². The monoisotopic (exact) mass is 320 g/mol. The molecule has 1 aromatic carbocycles. The highest BCUT2D eigenvalue weighted by atomic mass is 79.9. The summed E-state index contributed by atoms with van der Waals surface area (Å²) in [5, 5.41) is 4.80. The molecule has 0 amide bonds. The number of ether oxygens (including phenoxy) is 1. The van der Waals surface area contributed by atoms with Crippen LogP contribution in [0.15, 0.2) is 34.9 Å². The molecule has 1 aromatic heterocycles. The first kappa shape index (κ1) is 12.9. The molecule has 0 spiro atoms. The van der Waals surface area contributed by atoms with Gasteiger partial charge in [-0.2, -0.15) is 0 Å². The van der Waals surface area contributed by atoms with Crippen LogP contribution in [0.5, 0.6) is 0 Å². The molecular formula is C15H17BrN2O. The van der Waals surface area contributed by atoms with Crippen LogP contribution < -0.4 is 5.32 Å². The van der Waals surface area contributed by atoms with Crippen molar-refractivity contribution >= 4 is 32.5 Å². The molecule has 1 N–H and O–H groups in total. The number of anilines is 1. The maximum atomic E-state index is 5.43. The normalized spacial score (nSPS) is 22.8. The third kappa shape index (κ3) is 2.74. The second-order valence-electron chi connectivity index (χ2n) is 5.03. The summed E-state index contributed by atoms with van der Waals surface area (Å²) in [6.45, 7) is 0. The maximum absolute atomic E-state index is 5.43. The van der Waals surface area contributed by atoms with Crippen LogP contribution in [0.4, 0.5) is 5.69 Å². The molecule has 19 heavy (non-hydrogen) atoms. The number of hydrogen-bond donors (Lipinski definition) is 1. The van der Waals surface area contributed by atoms with Gasteiger partial charge in [0.1, 0.15) is 0 Å². The molecule has 2 atom stereocenters. The largest absolute Gasteiger partial charge is 0.382 e. The first-order valence-corrected chi connectivity index (χ1v) is 7.39. The summed E-state index contributed by atoms with van der Waals surface area (Å²) < 4.78 is 6.51. The highest BCUT2D eigenvalue weighted by Gasteiger charge is 2.24. The predicted octanol–water partition coefficient (Wildman–Crippen LogP) is 3.98. The van der Waals surface area contributed by atoms with E-state index < -0.39 is 0 Å². The van der Waals surface area contributed by atoms with E-state index in [-0.39, 0.29) is 0 Å². The zero-order chi connectivity index (χ0) is 13.2. The van der Waals surface area contributed by atoms with Crippen molar-refractivity contribution in [3.63, 3.8) is 0 Å². The van der Waals surface area contributed by atoms with E-state index in [9.17, 15) is 0 Å². The Hall–Kier alpha value is -1.13. The summed E-state index contributed by atoms with van der Waals surface area (Å²) in [6.07, 6.45) is 5.64. The second kappa shape index (κ2) is 5.47. The molecule has 1 aliphatic rings. The number of rotatable bonds is 3. The van der Waals surface area contributed by atoms with Gasteiger partial charge in [0.25, 0.3) is 0 Å². The van der Waals surface area contributed by atoms with Gasteiger partial charge in [-0.05, 0) is 43.5 Å². The Balaban J connectivity index is 1.86. The van der Waals surface area contributed by atoms with Crippen LogP contribution in [0.3, 0.4) is 0 Å². The summed E-state index contributed by atoms with van der Waals surface area (Å²) >= 11 is 3.52. The van der Waals surface area contributed by atoms with Crippen molar-refractivity contribution in [3.05, 3.63) is 34.9 Å². The van der Waals surface area contributed by atoms with Gasteiger partial charge in [0.15, 0.2) is 0 Å². The lowest BCUT2D eigenvalue weighted by atomic mass is 10.1. The SMILES string of the molecule is COC1CCC(Nc2ccnc3ccc(Br)cc23)C1. The molecule has 0 radical (unpaired) electrons. The van der Waals surface area contributed by atoms with Gasteiger partial charge in [-0.3, -0.25) is 4.98 Å². The zero-order valence-corrected chi connectivity index (χ0v) is 12.5. The van der Waals surface area contributed by atoms with Gasteiger partial charge in [0.05, 0.1) is 11.6 Å². The van der Waals surface area contributed by atoms with Crippen LogP contribution in [0.25, 0.3) is 10.9 Å². The number of hydrogen-bond acceptors (Lipinski definition) is 3. The minimum atomic E-state index is 0.400. The van der Waals surface area contributed by atoms with Gasteiger partial charge >= 0.3 is 0 Å². The average Bonchev–Trinajstić information content (AvgIpc) is 2.87. The van der Waals surface area contributed by atoms with E-state index in [1.165, 1.54) is 0 Å². The second-order valence-corrected chi connectivity index (χ2v) is 5.95. The van der Waals surface area contributed by atoms with Crippen molar-refractivity contribution < 1.29 is 4.74 Å². The Kier molecular flexibility index (Phi) is 3.71. The third-order valence-corrected chi connectivity index (χ3v) is 4.27. The van der Waals surface area contributed by atoms with Crippen LogP contribution in [0.2, 0.25) is 0 Å². The zero-order valence-electron chi connectivity index (χ0n) is 10.9. The number of nitrogens with one attached hydrogen (secondary N) is 1. The minimum Gasteiger partial charge on any atom is -0.382 e. The van der Waals surface area contributed by atoms with E-state index in [4.69, 9.17) is 4.74 Å². The van der Waals surface area contributed by atoms with Gasteiger partial charge in [-0.15, -0.1) is 0 Å². The lowest BCUT2D eigenvalue weighted by Gasteiger charge is -2.16. The predicted molar refractivity (Wildman–Crippen MR) is 81.5 cm³/mol. The summed E-state index contributed by atoms with van der Waals surface area (Å²) in [6, 6.07) is 8.73. The third-order valence-electron chi connectivity index (χ3n) is 3.78. The molecule has 3 nitrogen and oxygen atoms in total. The summed E-state index contributed by atoms with van der Waals surface area (Å²) in [5.74, 6) is 0.